The number of thiocarbonyl (C=S) groups is 1. The first-order chi connectivity index (χ1) is 8.18. The van der Waals surface area contributed by atoms with E-state index in [1.807, 2.05) is 13.0 Å². The first-order valence-corrected chi connectivity index (χ1v) is 6.58. The number of nitrogens with one attached hydrogen (secondary N) is 1. The predicted octanol–water partition coefficient (Wildman–Crippen LogP) is 2.63. The minimum Gasteiger partial charge on any atom is -0.389 e. The van der Waals surface area contributed by atoms with E-state index in [9.17, 15) is 0 Å². The first kappa shape index (κ1) is 12.3. The molecule has 2 rings (SSSR count). The molecule has 0 radical (unpaired) electrons. The van der Waals surface area contributed by atoms with Crippen molar-refractivity contribution in [1.82, 2.24) is 4.98 Å². The van der Waals surface area contributed by atoms with E-state index >= 15 is 0 Å². The zero-order valence-corrected chi connectivity index (χ0v) is 11.0. The van der Waals surface area contributed by atoms with Crippen LogP contribution in [0.25, 0.3) is 0 Å². The fourth-order valence-corrected chi connectivity index (χ4v) is 2.44. The molecule has 1 aromatic heterocycles. The maximum absolute atomic E-state index is 5.74. The highest BCUT2D eigenvalue weighted by Gasteiger charge is 2.17. The first-order valence-electron chi connectivity index (χ1n) is 6.17. The molecule has 92 valence electrons. The summed E-state index contributed by atoms with van der Waals surface area (Å²) in [7, 11) is 0. The maximum atomic E-state index is 5.74. The lowest BCUT2D eigenvalue weighted by atomic mass is 9.83. The lowest BCUT2D eigenvalue weighted by Crippen LogP contribution is -2.19. The number of rotatable bonds is 5. The third-order valence-electron chi connectivity index (χ3n) is 3.48. The van der Waals surface area contributed by atoms with Crippen molar-refractivity contribution in [3.8, 4) is 0 Å². The average molecular weight is 249 g/mol. The van der Waals surface area contributed by atoms with Gasteiger partial charge in [-0.1, -0.05) is 31.5 Å². The Morgan fingerprint density at radius 1 is 1.59 bits per heavy atom. The highest BCUT2D eigenvalue weighted by atomic mass is 32.1. The van der Waals surface area contributed by atoms with E-state index in [2.05, 4.69) is 10.3 Å². The molecule has 4 heteroatoms. The number of hydrogen-bond donors (Lipinski definition) is 2. The lowest BCUT2D eigenvalue weighted by molar-refractivity contribution is 0.303. The van der Waals surface area contributed by atoms with Gasteiger partial charge < -0.3 is 11.1 Å². The van der Waals surface area contributed by atoms with Crippen molar-refractivity contribution in [1.29, 1.82) is 0 Å². The minimum atomic E-state index is 0.418. The van der Waals surface area contributed by atoms with Gasteiger partial charge in [0.25, 0.3) is 0 Å². The van der Waals surface area contributed by atoms with Gasteiger partial charge in [-0.25, -0.2) is 4.98 Å². The van der Waals surface area contributed by atoms with Crippen molar-refractivity contribution in [2.45, 2.75) is 32.6 Å². The Kier molecular flexibility index (Phi) is 3.94. The summed E-state index contributed by atoms with van der Waals surface area (Å²) >= 11 is 5.07. The van der Waals surface area contributed by atoms with E-state index in [0.29, 0.717) is 4.99 Å². The van der Waals surface area contributed by atoms with Crippen molar-refractivity contribution in [2.75, 3.05) is 11.9 Å². The molecule has 3 N–H and O–H groups in total. The predicted molar refractivity (Wildman–Crippen MR) is 75.3 cm³/mol. The molecule has 17 heavy (non-hydrogen) atoms. The molecule has 1 aliphatic carbocycles. The van der Waals surface area contributed by atoms with Crippen LogP contribution in [0.5, 0.6) is 0 Å². The van der Waals surface area contributed by atoms with Crippen molar-refractivity contribution in [2.24, 2.45) is 11.7 Å². The van der Waals surface area contributed by atoms with Crippen molar-refractivity contribution in [3.63, 3.8) is 0 Å². The van der Waals surface area contributed by atoms with Crippen LogP contribution in [0.2, 0.25) is 0 Å². The topological polar surface area (TPSA) is 50.9 Å². The van der Waals surface area contributed by atoms with E-state index in [1.54, 1.807) is 6.20 Å². The van der Waals surface area contributed by atoms with Crippen LogP contribution in [0.4, 0.5) is 5.82 Å². The van der Waals surface area contributed by atoms with E-state index in [-0.39, 0.29) is 0 Å². The summed E-state index contributed by atoms with van der Waals surface area (Å²) in [6, 6.07) is 1.94. The van der Waals surface area contributed by atoms with Gasteiger partial charge in [-0.15, -0.1) is 0 Å². The molecule has 0 atom stereocenters. The van der Waals surface area contributed by atoms with Crippen molar-refractivity contribution < 1.29 is 0 Å². The van der Waals surface area contributed by atoms with Gasteiger partial charge in [-0.3, -0.25) is 0 Å². The highest BCUT2D eigenvalue weighted by molar-refractivity contribution is 7.80. The van der Waals surface area contributed by atoms with E-state index in [0.717, 1.165) is 29.4 Å². The van der Waals surface area contributed by atoms with Crippen LogP contribution in [0, 0.1) is 12.8 Å². The molecule has 1 saturated carbocycles. The Bertz CT molecular complexity index is 413. The quantitative estimate of drug-likeness (QED) is 0.788. The molecule has 3 nitrogen and oxygen atoms in total. The minimum absolute atomic E-state index is 0.418. The van der Waals surface area contributed by atoms with Crippen molar-refractivity contribution >= 4 is 23.0 Å². The summed E-state index contributed by atoms with van der Waals surface area (Å²) in [4.78, 5) is 4.74. The smallest absolute Gasteiger partial charge is 0.136 e. The fourth-order valence-electron chi connectivity index (χ4n) is 2.18. The van der Waals surface area contributed by atoms with Crippen LogP contribution in [0.15, 0.2) is 12.3 Å². The second-order valence-corrected chi connectivity index (χ2v) is 5.17. The van der Waals surface area contributed by atoms with Gasteiger partial charge in [0.1, 0.15) is 10.8 Å². The third-order valence-corrected chi connectivity index (χ3v) is 3.68. The summed E-state index contributed by atoms with van der Waals surface area (Å²) in [5.74, 6) is 1.73. The van der Waals surface area contributed by atoms with E-state index < -0.39 is 0 Å². The Labute approximate surface area is 108 Å². The molecule has 1 fully saturated rings. The third kappa shape index (κ3) is 2.94. The van der Waals surface area contributed by atoms with Crippen LogP contribution < -0.4 is 11.1 Å². The SMILES string of the molecule is Cc1ccnc(NCCC2CCC2)c1C(N)=S. The molecular weight excluding hydrogens is 230 g/mol. The second kappa shape index (κ2) is 5.45. The summed E-state index contributed by atoms with van der Waals surface area (Å²) in [5, 5.41) is 3.36. The van der Waals surface area contributed by atoms with Gasteiger partial charge in [0.2, 0.25) is 0 Å². The standard InChI is InChI=1S/C13H19N3S/c1-9-5-7-15-13(11(9)12(14)17)16-8-6-10-3-2-4-10/h5,7,10H,2-4,6,8H2,1H3,(H2,14,17)(H,15,16). The molecular formula is C13H19N3S. The normalized spacial score (nSPS) is 15.4. The summed E-state index contributed by atoms with van der Waals surface area (Å²) < 4.78 is 0. The van der Waals surface area contributed by atoms with Gasteiger partial charge in [0.15, 0.2) is 0 Å². The van der Waals surface area contributed by atoms with Crippen molar-refractivity contribution in [3.05, 3.63) is 23.4 Å². The Morgan fingerprint density at radius 3 is 2.94 bits per heavy atom. The molecule has 1 aromatic rings. The number of aryl methyl sites for hydroxylation is 1. The Balaban J connectivity index is 1.98. The van der Waals surface area contributed by atoms with Crippen LogP contribution >= 0.6 is 12.2 Å². The molecule has 0 bridgehead atoms. The molecule has 1 heterocycles. The number of aromatic nitrogens is 1. The second-order valence-electron chi connectivity index (χ2n) is 4.73. The molecule has 0 unspecified atom stereocenters. The average Bonchev–Trinajstić information content (AvgIpc) is 2.21. The summed E-state index contributed by atoms with van der Waals surface area (Å²) in [6.07, 6.45) is 7.16. The van der Waals surface area contributed by atoms with Gasteiger partial charge in [0, 0.05) is 12.7 Å². The number of anilines is 1. The van der Waals surface area contributed by atoms with Crippen LogP contribution in [0.1, 0.15) is 36.8 Å². The summed E-state index contributed by atoms with van der Waals surface area (Å²) in [5.41, 5.74) is 7.70. The molecule has 0 amide bonds. The van der Waals surface area contributed by atoms with E-state index in [1.165, 1.54) is 25.7 Å². The highest BCUT2D eigenvalue weighted by Crippen LogP contribution is 2.29. The zero-order valence-electron chi connectivity index (χ0n) is 10.2. The molecule has 1 aliphatic rings. The fraction of sp³-hybridized carbons (Fsp3) is 0.538. The maximum Gasteiger partial charge on any atom is 0.136 e. The van der Waals surface area contributed by atoms with Gasteiger partial charge in [-0.05, 0) is 30.9 Å². The summed E-state index contributed by atoms with van der Waals surface area (Å²) in [6.45, 7) is 2.96. The number of nitrogens with two attached hydrogens (primary N) is 1. The largest absolute Gasteiger partial charge is 0.389 e. The monoisotopic (exact) mass is 249 g/mol. The van der Waals surface area contributed by atoms with Gasteiger partial charge in [-0.2, -0.15) is 0 Å². The zero-order chi connectivity index (χ0) is 12.3. The van der Waals surface area contributed by atoms with E-state index in [4.69, 9.17) is 18.0 Å². The molecule has 0 aromatic carbocycles. The molecule has 0 saturated heterocycles. The molecule has 0 aliphatic heterocycles. The lowest BCUT2D eigenvalue weighted by Gasteiger charge is -2.25. The van der Waals surface area contributed by atoms with Gasteiger partial charge in [0.05, 0.1) is 5.56 Å². The van der Waals surface area contributed by atoms with Gasteiger partial charge >= 0.3 is 0 Å². The van der Waals surface area contributed by atoms with Crippen LogP contribution in [-0.4, -0.2) is 16.5 Å². The Hall–Kier alpha value is -1.16. The number of pyridine rings is 1. The number of hydrogen-bond acceptors (Lipinski definition) is 3. The number of nitrogens with zero attached hydrogens (tertiary/aromatic N) is 1. The Morgan fingerprint density at radius 2 is 2.35 bits per heavy atom. The van der Waals surface area contributed by atoms with Crippen LogP contribution in [-0.2, 0) is 0 Å². The van der Waals surface area contributed by atoms with Crippen LogP contribution in [0.3, 0.4) is 0 Å². The molecule has 0 spiro atoms.